The summed E-state index contributed by atoms with van der Waals surface area (Å²) in [5.74, 6) is 0. The van der Waals surface area contributed by atoms with E-state index < -0.39 is 12.7 Å². The van der Waals surface area contributed by atoms with Crippen LogP contribution in [-0.2, 0) is 0 Å². The van der Waals surface area contributed by atoms with E-state index in [9.17, 15) is 13.2 Å². The molecule has 2 N–H and O–H groups in total. The van der Waals surface area contributed by atoms with Crippen molar-refractivity contribution in [1.82, 2.24) is 4.90 Å². The van der Waals surface area contributed by atoms with Crippen LogP contribution in [0.1, 0.15) is 26.7 Å². The predicted molar refractivity (Wildman–Crippen MR) is 53.5 cm³/mol. The number of hydrogen-bond acceptors (Lipinski definition) is 2. The molecule has 0 aliphatic heterocycles. The van der Waals surface area contributed by atoms with Crippen molar-refractivity contribution in [3.8, 4) is 0 Å². The second-order valence-corrected chi connectivity index (χ2v) is 4.82. The first-order chi connectivity index (χ1) is 6.78. The maximum atomic E-state index is 12.3. The number of halogens is 3. The molecule has 1 rings (SSSR count). The maximum Gasteiger partial charge on any atom is 0.401 e. The van der Waals surface area contributed by atoms with Gasteiger partial charge in [0.25, 0.3) is 0 Å². The van der Waals surface area contributed by atoms with Crippen LogP contribution in [0.5, 0.6) is 0 Å². The molecule has 0 unspecified atom stereocenters. The molecule has 90 valence electrons. The fourth-order valence-corrected chi connectivity index (χ4v) is 1.69. The van der Waals surface area contributed by atoms with Crippen molar-refractivity contribution in [1.29, 1.82) is 0 Å². The summed E-state index contributed by atoms with van der Waals surface area (Å²) in [7, 11) is 0. The summed E-state index contributed by atoms with van der Waals surface area (Å²) in [5.41, 5.74) is 5.54. The zero-order valence-electron chi connectivity index (χ0n) is 9.27. The standard InChI is InChI=1S/C10H19F3N2/c1-8(2)15(7-10(11,12)13)6-9(5-14)3-4-9/h8H,3-7,14H2,1-2H3. The fraction of sp³-hybridized carbons (Fsp3) is 1.00. The minimum Gasteiger partial charge on any atom is -0.330 e. The third-order valence-corrected chi connectivity index (χ3v) is 3.04. The number of hydrogen-bond donors (Lipinski definition) is 1. The van der Waals surface area contributed by atoms with Crippen molar-refractivity contribution in [2.45, 2.75) is 38.9 Å². The van der Waals surface area contributed by atoms with E-state index in [1.54, 1.807) is 13.8 Å². The molecule has 0 spiro atoms. The Bertz CT molecular complexity index is 209. The van der Waals surface area contributed by atoms with Crippen molar-refractivity contribution in [2.75, 3.05) is 19.6 Å². The van der Waals surface area contributed by atoms with Gasteiger partial charge in [-0.2, -0.15) is 13.2 Å². The summed E-state index contributed by atoms with van der Waals surface area (Å²) in [6, 6.07) is -0.0874. The van der Waals surface area contributed by atoms with Gasteiger partial charge in [-0.1, -0.05) is 0 Å². The van der Waals surface area contributed by atoms with E-state index in [0.717, 1.165) is 12.8 Å². The molecule has 0 amide bonds. The lowest BCUT2D eigenvalue weighted by Crippen LogP contribution is -2.43. The van der Waals surface area contributed by atoms with E-state index in [-0.39, 0.29) is 11.5 Å². The van der Waals surface area contributed by atoms with Gasteiger partial charge < -0.3 is 5.73 Å². The quantitative estimate of drug-likeness (QED) is 0.774. The Labute approximate surface area is 88.6 Å². The first-order valence-electron chi connectivity index (χ1n) is 5.29. The lowest BCUT2D eigenvalue weighted by Gasteiger charge is -2.30. The zero-order valence-corrected chi connectivity index (χ0v) is 9.27. The summed E-state index contributed by atoms with van der Waals surface area (Å²) in [5, 5.41) is 0. The monoisotopic (exact) mass is 224 g/mol. The lowest BCUT2D eigenvalue weighted by molar-refractivity contribution is -0.151. The van der Waals surface area contributed by atoms with Crippen molar-refractivity contribution in [3.63, 3.8) is 0 Å². The molecular formula is C10H19F3N2. The molecule has 0 atom stereocenters. The second-order valence-electron chi connectivity index (χ2n) is 4.82. The van der Waals surface area contributed by atoms with E-state index in [2.05, 4.69) is 0 Å². The molecule has 0 heterocycles. The van der Waals surface area contributed by atoms with Crippen LogP contribution in [0.3, 0.4) is 0 Å². The van der Waals surface area contributed by atoms with Crippen molar-refractivity contribution in [3.05, 3.63) is 0 Å². The van der Waals surface area contributed by atoms with Gasteiger partial charge in [0.1, 0.15) is 0 Å². The van der Waals surface area contributed by atoms with Gasteiger partial charge in [-0.3, -0.25) is 4.90 Å². The summed E-state index contributed by atoms with van der Waals surface area (Å²) < 4.78 is 36.9. The van der Waals surface area contributed by atoms with Crippen LogP contribution in [0.2, 0.25) is 0 Å². The zero-order chi connectivity index (χ0) is 11.7. The summed E-state index contributed by atoms with van der Waals surface area (Å²) in [4.78, 5) is 1.47. The van der Waals surface area contributed by atoms with E-state index in [1.807, 2.05) is 0 Å². The smallest absolute Gasteiger partial charge is 0.330 e. The van der Waals surface area contributed by atoms with Crippen LogP contribution in [0, 0.1) is 5.41 Å². The minimum atomic E-state index is -4.12. The molecule has 0 saturated heterocycles. The Morgan fingerprint density at radius 1 is 1.33 bits per heavy atom. The topological polar surface area (TPSA) is 29.3 Å². The molecular weight excluding hydrogens is 205 g/mol. The van der Waals surface area contributed by atoms with Crippen molar-refractivity contribution < 1.29 is 13.2 Å². The SMILES string of the molecule is CC(C)N(CC(F)(F)F)CC1(CN)CC1. The van der Waals surface area contributed by atoms with Gasteiger partial charge in [-0.15, -0.1) is 0 Å². The Kier molecular flexibility index (Phi) is 3.66. The van der Waals surface area contributed by atoms with E-state index >= 15 is 0 Å². The Balaban J connectivity index is 2.51. The Hall–Kier alpha value is -0.290. The number of rotatable bonds is 5. The number of nitrogens with zero attached hydrogens (tertiary/aromatic N) is 1. The van der Waals surface area contributed by atoms with Crippen molar-refractivity contribution in [2.24, 2.45) is 11.1 Å². The highest BCUT2D eigenvalue weighted by atomic mass is 19.4. The molecule has 1 aliphatic carbocycles. The molecule has 0 radical (unpaired) electrons. The maximum absolute atomic E-state index is 12.3. The highest BCUT2D eigenvalue weighted by Gasteiger charge is 2.44. The Morgan fingerprint density at radius 2 is 1.87 bits per heavy atom. The van der Waals surface area contributed by atoms with Gasteiger partial charge in [0.05, 0.1) is 6.54 Å². The van der Waals surface area contributed by atoms with Crippen LogP contribution in [0.4, 0.5) is 13.2 Å². The third kappa shape index (κ3) is 3.99. The molecule has 0 bridgehead atoms. The Morgan fingerprint density at radius 3 is 2.13 bits per heavy atom. The average Bonchev–Trinajstić information content (AvgIpc) is 2.82. The summed E-state index contributed by atoms with van der Waals surface area (Å²) in [6.45, 7) is 3.72. The highest BCUT2D eigenvalue weighted by Crippen LogP contribution is 2.45. The van der Waals surface area contributed by atoms with Gasteiger partial charge in [0.15, 0.2) is 0 Å². The van der Waals surface area contributed by atoms with Gasteiger partial charge in [-0.05, 0) is 38.6 Å². The number of nitrogens with two attached hydrogens (primary N) is 1. The molecule has 1 saturated carbocycles. The summed E-state index contributed by atoms with van der Waals surface area (Å²) in [6.07, 6.45) is -2.19. The normalized spacial score (nSPS) is 20.0. The first-order valence-corrected chi connectivity index (χ1v) is 5.29. The summed E-state index contributed by atoms with van der Waals surface area (Å²) >= 11 is 0. The van der Waals surface area contributed by atoms with Crippen LogP contribution in [0.15, 0.2) is 0 Å². The van der Waals surface area contributed by atoms with Crippen LogP contribution in [-0.4, -0.2) is 36.8 Å². The van der Waals surface area contributed by atoms with Gasteiger partial charge in [0, 0.05) is 12.6 Å². The van der Waals surface area contributed by atoms with Crippen LogP contribution < -0.4 is 5.73 Å². The van der Waals surface area contributed by atoms with Crippen LogP contribution in [0.25, 0.3) is 0 Å². The molecule has 1 aliphatic rings. The lowest BCUT2D eigenvalue weighted by atomic mass is 10.1. The molecule has 5 heteroatoms. The van der Waals surface area contributed by atoms with Gasteiger partial charge in [0.2, 0.25) is 0 Å². The molecule has 0 aromatic rings. The van der Waals surface area contributed by atoms with E-state index in [1.165, 1.54) is 4.90 Å². The number of alkyl halides is 3. The molecule has 1 fully saturated rings. The van der Waals surface area contributed by atoms with E-state index in [0.29, 0.717) is 13.1 Å². The van der Waals surface area contributed by atoms with Gasteiger partial charge in [-0.25, -0.2) is 0 Å². The van der Waals surface area contributed by atoms with Gasteiger partial charge >= 0.3 is 6.18 Å². The molecule has 15 heavy (non-hydrogen) atoms. The largest absolute Gasteiger partial charge is 0.401 e. The predicted octanol–water partition coefficient (Wildman–Crippen LogP) is 2.00. The second kappa shape index (κ2) is 4.29. The average molecular weight is 224 g/mol. The molecule has 0 aromatic heterocycles. The minimum absolute atomic E-state index is 0.0322. The molecule has 2 nitrogen and oxygen atoms in total. The van der Waals surface area contributed by atoms with Crippen molar-refractivity contribution >= 4 is 0 Å². The highest BCUT2D eigenvalue weighted by molar-refractivity contribution is 4.97. The third-order valence-electron chi connectivity index (χ3n) is 3.04. The first kappa shape index (κ1) is 12.8. The van der Waals surface area contributed by atoms with Crippen LogP contribution >= 0.6 is 0 Å². The van der Waals surface area contributed by atoms with E-state index in [4.69, 9.17) is 5.73 Å². The fourth-order valence-electron chi connectivity index (χ4n) is 1.69. The molecule has 0 aromatic carbocycles.